The Balaban J connectivity index is 0.00000177. The van der Waals surface area contributed by atoms with Crippen LogP contribution in [0.4, 0.5) is 0 Å². The molecular formula is C31H50O. The lowest BCUT2D eigenvalue weighted by atomic mass is 9.77. The van der Waals surface area contributed by atoms with E-state index >= 15 is 0 Å². The fourth-order valence-corrected chi connectivity index (χ4v) is 3.48. The number of hydrogen-bond donors (Lipinski definition) is 0. The number of rotatable bonds is 3. The Bertz CT molecular complexity index is 836. The number of hydrogen-bond acceptors (Lipinski definition) is 1. The normalized spacial score (nSPS) is 11.7. The molecule has 0 saturated carbocycles. The molecule has 180 valence electrons. The molecule has 0 saturated heterocycles. The number of benzene rings is 2. The van der Waals surface area contributed by atoms with E-state index in [1.54, 1.807) is 0 Å². The molecule has 0 spiro atoms. The van der Waals surface area contributed by atoms with Crippen LogP contribution in [0.15, 0.2) is 36.4 Å². The van der Waals surface area contributed by atoms with E-state index in [0.717, 1.165) is 18.3 Å². The highest BCUT2D eigenvalue weighted by molar-refractivity contribution is 5.75. The Morgan fingerprint density at radius 1 is 0.688 bits per heavy atom. The molecule has 2 aromatic rings. The van der Waals surface area contributed by atoms with Crippen molar-refractivity contribution in [3.05, 3.63) is 69.8 Å². The molecule has 0 N–H and O–H groups in total. The molecule has 0 heterocycles. The minimum Gasteiger partial charge on any atom is -0.298 e. The van der Waals surface area contributed by atoms with Gasteiger partial charge in [-0.3, -0.25) is 4.79 Å². The molecule has 0 aliphatic rings. The fraction of sp³-hybridized carbons (Fsp3) is 0.581. The molecule has 0 amide bonds. The van der Waals surface area contributed by atoms with Crippen LogP contribution in [0.1, 0.15) is 135 Å². The summed E-state index contributed by atoms with van der Waals surface area (Å²) in [6.07, 6.45) is 3.07. The third kappa shape index (κ3) is 9.31. The molecule has 0 atom stereocenters. The van der Waals surface area contributed by atoms with Gasteiger partial charge in [0.25, 0.3) is 0 Å². The van der Waals surface area contributed by atoms with E-state index in [1.165, 1.54) is 34.2 Å². The van der Waals surface area contributed by atoms with E-state index in [4.69, 9.17) is 0 Å². The van der Waals surface area contributed by atoms with Crippen molar-refractivity contribution >= 4 is 6.29 Å². The zero-order valence-corrected chi connectivity index (χ0v) is 23.4. The first kappa shape index (κ1) is 30.1. The van der Waals surface area contributed by atoms with Crippen LogP contribution in [-0.2, 0) is 22.7 Å². The van der Waals surface area contributed by atoms with E-state index in [2.05, 4.69) is 100 Å². The minimum atomic E-state index is 0.0217. The quantitative estimate of drug-likeness (QED) is 0.436. The number of aldehydes is 1. The Kier molecular flexibility index (Phi) is 11.6. The highest BCUT2D eigenvalue weighted by Crippen LogP contribution is 2.33. The van der Waals surface area contributed by atoms with Crippen molar-refractivity contribution in [1.29, 1.82) is 0 Å². The largest absolute Gasteiger partial charge is 0.298 e. The first-order valence-electron chi connectivity index (χ1n) is 12.4. The summed E-state index contributed by atoms with van der Waals surface area (Å²) < 4.78 is 0. The summed E-state index contributed by atoms with van der Waals surface area (Å²) in [5.74, 6) is 0. The van der Waals surface area contributed by atoms with Gasteiger partial charge in [-0.25, -0.2) is 0 Å². The summed E-state index contributed by atoms with van der Waals surface area (Å²) in [7, 11) is 0. The van der Waals surface area contributed by atoms with Crippen molar-refractivity contribution < 1.29 is 4.79 Å². The van der Waals surface area contributed by atoms with E-state index in [1.807, 2.05) is 26.0 Å². The van der Waals surface area contributed by atoms with Crippen molar-refractivity contribution in [2.24, 2.45) is 0 Å². The van der Waals surface area contributed by atoms with Gasteiger partial charge in [0.2, 0.25) is 0 Å². The number of carbonyl (C=O) groups is 1. The maximum atomic E-state index is 11.5. The van der Waals surface area contributed by atoms with Crippen LogP contribution in [0.5, 0.6) is 0 Å². The lowest BCUT2D eigenvalue weighted by Crippen LogP contribution is -2.18. The molecule has 2 aromatic carbocycles. The van der Waals surface area contributed by atoms with E-state index in [9.17, 15) is 4.79 Å². The zero-order chi connectivity index (χ0) is 25.3. The van der Waals surface area contributed by atoms with Crippen LogP contribution < -0.4 is 0 Å². The Morgan fingerprint density at radius 3 is 1.59 bits per heavy atom. The maximum Gasteiger partial charge on any atom is 0.150 e. The molecule has 1 nitrogen and oxygen atoms in total. The van der Waals surface area contributed by atoms with Crippen LogP contribution >= 0.6 is 0 Å². The summed E-state index contributed by atoms with van der Waals surface area (Å²) in [6.45, 7) is 28.4. The van der Waals surface area contributed by atoms with Gasteiger partial charge in [0.05, 0.1) is 0 Å². The third-order valence-corrected chi connectivity index (χ3v) is 5.19. The lowest BCUT2D eigenvalue weighted by molar-refractivity contribution is 0.112. The van der Waals surface area contributed by atoms with Gasteiger partial charge in [-0.1, -0.05) is 121 Å². The summed E-state index contributed by atoms with van der Waals surface area (Å²) in [5.41, 5.74) is 7.51. The fourth-order valence-electron chi connectivity index (χ4n) is 3.48. The smallest absolute Gasteiger partial charge is 0.150 e. The van der Waals surface area contributed by atoms with Crippen LogP contribution in [0, 0.1) is 0 Å². The predicted octanol–water partition coefficient (Wildman–Crippen LogP) is 9.42. The van der Waals surface area contributed by atoms with Crippen molar-refractivity contribution in [2.75, 3.05) is 0 Å². The van der Waals surface area contributed by atoms with Crippen LogP contribution in [0.2, 0.25) is 0 Å². The molecular weight excluding hydrogens is 388 g/mol. The Labute approximate surface area is 200 Å². The molecule has 0 fully saturated rings. The van der Waals surface area contributed by atoms with Gasteiger partial charge in [-0.15, -0.1) is 0 Å². The second-order valence-corrected chi connectivity index (χ2v) is 11.6. The van der Waals surface area contributed by atoms with Crippen molar-refractivity contribution in [2.45, 2.75) is 119 Å². The molecule has 2 rings (SSSR count). The summed E-state index contributed by atoms with van der Waals surface area (Å²) in [4.78, 5) is 11.5. The molecule has 0 aliphatic heterocycles. The van der Waals surface area contributed by atoms with Crippen LogP contribution in [-0.4, -0.2) is 6.29 Å². The second-order valence-electron chi connectivity index (χ2n) is 11.6. The molecule has 1 heteroatoms. The van der Waals surface area contributed by atoms with E-state index in [0.29, 0.717) is 0 Å². The summed E-state index contributed by atoms with van der Waals surface area (Å²) in [5, 5.41) is 0. The predicted molar refractivity (Wildman–Crippen MR) is 144 cm³/mol. The van der Waals surface area contributed by atoms with Crippen LogP contribution in [0.25, 0.3) is 0 Å². The topological polar surface area (TPSA) is 17.1 Å². The van der Waals surface area contributed by atoms with Crippen molar-refractivity contribution in [3.8, 4) is 0 Å². The minimum absolute atomic E-state index is 0.0217. The molecule has 0 radical (unpaired) electrons. The standard InChI is InChI=1S/C26H36O.C3H8.C2H6/c1-24(2,3)21-10-11-23(26(7,8)9)20(16-21)13-18-12-19(17-27)15-22(14-18)25(4,5)6;1-3-2;1-2/h10-12,14-17H,13H2,1-9H3;3H2,1-2H3;1-2H3. The molecule has 0 unspecified atom stereocenters. The van der Waals surface area contributed by atoms with Crippen molar-refractivity contribution in [1.82, 2.24) is 0 Å². The second kappa shape index (κ2) is 12.4. The van der Waals surface area contributed by atoms with Crippen LogP contribution in [0.3, 0.4) is 0 Å². The highest BCUT2D eigenvalue weighted by atomic mass is 16.1. The first-order chi connectivity index (χ1) is 14.6. The van der Waals surface area contributed by atoms with Gasteiger partial charge >= 0.3 is 0 Å². The van der Waals surface area contributed by atoms with Gasteiger partial charge in [0, 0.05) is 5.56 Å². The Morgan fingerprint density at radius 2 is 1.19 bits per heavy atom. The first-order valence-corrected chi connectivity index (χ1v) is 12.4. The monoisotopic (exact) mass is 438 g/mol. The van der Waals surface area contributed by atoms with Gasteiger partial charge in [0.15, 0.2) is 0 Å². The van der Waals surface area contributed by atoms with Gasteiger partial charge in [-0.05, 0) is 62.6 Å². The SMILES string of the molecule is CC.CC(C)(C)c1cc(C=O)cc(Cc2cc(C(C)(C)C)ccc2C(C)(C)C)c1.CCC. The zero-order valence-electron chi connectivity index (χ0n) is 23.4. The molecule has 0 bridgehead atoms. The lowest BCUT2D eigenvalue weighted by Gasteiger charge is -2.27. The van der Waals surface area contributed by atoms with E-state index in [-0.39, 0.29) is 16.2 Å². The molecule has 0 aliphatic carbocycles. The Hall–Kier alpha value is -1.89. The average molecular weight is 439 g/mol. The van der Waals surface area contributed by atoms with Crippen molar-refractivity contribution in [3.63, 3.8) is 0 Å². The average Bonchev–Trinajstić information content (AvgIpc) is 2.67. The van der Waals surface area contributed by atoms with Gasteiger partial charge in [0.1, 0.15) is 6.29 Å². The highest BCUT2D eigenvalue weighted by Gasteiger charge is 2.22. The maximum absolute atomic E-state index is 11.5. The molecule has 32 heavy (non-hydrogen) atoms. The summed E-state index contributed by atoms with van der Waals surface area (Å²) in [6, 6.07) is 13.3. The van der Waals surface area contributed by atoms with Gasteiger partial charge < -0.3 is 0 Å². The number of carbonyl (C=O) groups excluding carboxylic acids is 1. The molecule has 0 aromatic heterocycles. The van der Waals surface area contributed by atoms with Gasteiger partial charge in [-0.2, -0.15) is 0 Å². The summed E-state index contributed by atoms with van der Waals surface area (Å²) >= 11 is 0. The third-order valence-electron chi connectivity index (χ3n) is 5.19. The van der Waals surface area contributed by atoms with E-state index < -0.39 is 0 Å².